The molecule has 0 aliphatic carbocycles. The van der Waals surface area contributed by atoms with Gasteiger partial charge in [-0.05, 0) is 52.0 Å². The maximum Gasteiger partial charge on any atom is 0.318 e. The predicted octanol–water partition coefficient (Wildman–Crippen LogP) is 4.48. The first-order valence-corrected chi connectivity index (χ1v) is 12.3. The van der Waals surface area contributed by atoms with Crippen molar-refractivity contribution in [3.05, 3.63) is 68.4 Å². The first-order chi connectivity index (χ1) is 18.8. The summed E-state index contributed by atoms with van der Waals surface area (Å²) < 4.78 is 33.2. The van der Waals surface area contributed by atoms with Crippen LogP contribution >= 0.6 is 0 Å². The quantitative estimate of drug-likeness (QED) is 0.303. The highest BCUT2D eigenvalue weighted by atomic mass is 16.5. The molecule has 0 radical (unpaired) electrons. The van der Waals surface area contributed by atoms with Gasteiger partial charge in [0.1, 0.15) is 55.8 Å². The number of hydrogen-bond donors (Lipinski definition) is 0. The molecular weight excluding hydrogens is 520 g/mol. The van der Waals surface area contributed by atoms with Crippen LogP contribution in [0.25, 0.3) is 33.1 Å². The van der Waals surface area contributed by atoms with Crippen molar-refractivity contribution >= 4 is 33.9 Å². The van der Waals surface area contributed by atoms with Crippen molar-refractivity contribution in [3.8, 4) is 22.6 Å². The summed E-state index contributed by atoms with van der Waals surface area (Å²) in [5.74, 6) is -0.565. The summed E-state index contributed by atoms with van der Waals surface area (Å²) in [5, 5.41) is 0.253. The molecule has 0 bridgehead atoms. The second kappa shape index (κ2) is 10.2. The number of ether oxygens (including phenoxy) is 4. The minimum absolute atomic E-state index is 0.0677. The SMILES string of the molecule is COC(=O)C(C)(C)c1cc(=O)c2c(OC)ccc(-c3ccc(OC)c4c(=O)cc(C(C)(C)C(=O)OC)oc34)c2o1. The summed E-state index contributed by atoms with van der Waals surface area (Å²) >= 11 is 0. The summed E-state index contributed by atoms with van der Waals surface area (Å²) in [4.78, 5) is 51.9. The zero-order valence-electron chi connectivity index (χ0n) is 23.5. The fourth-order valence-corrected chi connectivity index (χ4v) is 4.56. The van der Waals surface area contributed by atoms with Gasteiger partial charge in [0, 0.05) is 23.3 Å². The standard InChI is InChI=1S/C30H30O10/c1-29(2,27(33)37-7)21-13-17(31)23-19(35-5)11-9-15(25(23)39-21)16-10-12-20(36-6)24-18(32)14-22(40-26(16)24)30(3,4)28(34)38-8/h9-14H,1-8H3. The number of esters is 2. The number of fused-ring (bicyclic) bond motifs is 2. The molecule has 40 heavy (non-hydrogen) atoms. The van der Waals surface area contributed by atoms with E-state index < -0.39 is 33.6 Å². The van der Waals surface area contributed by atoms with Gasteiger partial charge in [-0.25, -0.2) is 0 Å². The first-order valence-electron chi connectivity index (χ1n) is 12.3. The number of carbonyl (C=O) groups is 2. The highest BCUT2D eigenvalue weighted by molar-refractivity contribution is 6.04. The van der Waals surface area contributed by atoms with E-state index in [2.05, 4.69) is 0 Å². The van der Waals surface area contributed by atoms with Crippen molar-refractivity contribution in [2.45, 2.75) is 38.5 Å². The van der Waals surface area contributed by atoms with Gasteiger partial charge < -0.3 is 27.8 Å². The largest absolute Gasteiger partial charge is 0.496 e. The van der Waals surface area contributed by atoms with E-state index in [0.29, 0.717) is 11.1 Å². The molecule has 4 rings (SSSR count). The van der Waals surface area contributed by atoms with Gasteiger partial charge in [0.15, 0.2) is 10.9 Å². The Labute approximate surface area is 229 Å². The van der Waals surface area contributed by atoms with Crippen molar-refractivity contribution in [1.82, 2.24) is 0 Å². The van der Waals surface area contributed by atoms with Crippen LogP contribution in [0.1, 0.15) is 39.2 Å². The molecule has 210 valence electrons. The van der Waals surface area contributed by atoms with E-state index in [1.54, 1.807) is 52.0 Å². The van der Waals surface area contributed by atoms with E-state index in [9.17, 15) is 19.2 Å². The molecule has 0 aliphatic heterocycles. The normalized spacial score (nSPS) is 11.9. The monoisotopic (exact) mass is 550 g/mol. The van der Waals surface area contributed by atoms with E-state index in [1.165, 1.54) is 40.6 Å². The minimum Gasteiger partial charge on any atom is -0.496 e. The molecule has 4 aromatic rings. The van der Waals surface area contributed by atoms with Gasteiger partial charge in [-0.1, -0.05) is 0 Å². The van der Waals surface area contributed by atoms with Gasteiger partial charge in [0.25, 0.3) is 0 Å². The highest BCUT2D eigenvalue weighted by Crippen LogP contribution is 2.41. The van der Waals surface area contributed by atoms with Crippen LogP contribution < -0.4 is 20.3 Å². The molecular formula is C30H30O10. The molecule has 0 N–H and O–H groups in total. The third-order valence-electron chi connectivity index (χ3n) is 7.03. The number of carbonyl (C=O) groups excluding carboxylic acids is 2. The average molecular weight is 551 g/mol. The Morgan fingerprint density at radius 2 is 0.975 bits per heavy atom. The van der Waals surface area contributed by atoms with E-state index in [0.717, 1.165) is 0 Å². The number of benzene rings is 2. The molecule has 2 aromatic carbocycles. The molecule has 2 aromatic heterocycles. The van der Waals surface area contributed by atoms with Crippen molar-refractivity contribution in [1.29, 1.82) is 0 Å². The number of rotatable bonds is 7. The summed E-state index contributed by atoms with van der Waals surface area (Å²) in [6, 6.07) is 8.95. The van der Waals surface area contributed by atoms with Crippen molar-refractivity contribution in [2.24, 2.45) is 0 Å². The van der Waals surface area contributed by atoms with Crippen LogP contribution in [0.4, 0.5) is 0 Å². The maximum atomic E-state index is 13.4. The second-order valence-electron chi connectivity index (χ2n) is 10.2. The lowest BCUT2D eigenvalue weighted by Gasteiger charge is -2.22. The van der Waals surface area contributed by atoms with Crippen LogP contribution in [0.3, 0.4) is 0 Å². The zero-order chi connectivity index (χ0) is 29.6. The van der Waals surface area contributed by atoms with E-state index in [-0.39, 0.29) is 45.0 Å². The van der Waals surface area contributed by atoms with Crippen LogP contribution in [0.2, 0.25) is 0 Å². The predicted molar refractivity (Wildman–Crippen MR) is 147 cm³/mol. The summed E-state index contributed by atoms with van der Waals surface area (Å²) in [6.45, 7) is 6.30. The van der Waals surface area contributed by atoms with Gasteiger partial charge in [0.2, 0.25) is 0 Å². The molecule has 0 saturated heterocycles. The molecule has 10 nitrogen and oxygen atoms in total. The zero-order valence-corrected chi connectivity index (χ0v) is 23.5. The van der Waals surface area contributed by atoms with Crippen LogP contribution in [0.5, 0.6) is 11.5 Å². The summed E-state index contributed by atoms with van der Waals surface area (Å²) in [6.07, 6.45) is 0. The van der Waals surface area contributed by atoms with Crippen molar-refractivity contribution < 1.29 is 37.4 Å². The summed E-state index contributed by atoms with van der Waals surface area (Å²) in [7, 11) is 5.33. The lowest BCUT2D eigenvalue weighted by atomic mass is 9.89. The van der Waals surface area contributed by atoms with E-state index in [4.69, 9.17) is 27.8 Å². The van der Waals surface area contributed by atoms with Gasteiger partial charge in [-0.2, -0.15) is 0 Å². The molecule has 0 saturated carbocycles. The van der Waals surface area contributed by atoms with E-state index >= 15 is 0 Å². The topological polar surface area (TPSA) is 131 Å². The van der Waals surface area contributed by atoms with Crippen LogP contribution in [-0.2, 0) is 29.9 Å². The molecule has 0 amide bonds. The van der Waals surface area contributed by atoms with Crippen LogP contribution in [0.15, 0.2) is 54.8 Å². The molecule has 0 aliphatic rings. The average Bonchev–Trinajstić information content (AvgIpc) is 2.94. The fraction of sp³-hybridized carbons (Fsp3) is 0.333. The Hall–Kier alpha value is -4.60. The Balaban J connectivity index is 2.17. The Morgan fingerprint density at radius 3 is 1.27 bits per heavy atom. The molecule has 10 heteroatoms. The molecule has 2 heterocycles. The lowest BCUT2D eigenvalue weighted by Crippen LogP contribution is -2.31. The molecule has 0 spiro atoms. The third kappa shape index (κ3) is 4.39. The van der Waals surface area contributed by atoms with Gasteiger partial charge >= 0.3 is 11.9 Å². The highest BCUT2D eigenvalue weighted by Gasteiger charge is 2.36. The molecule has 0 fully saturated rings. The van der Waals surface area contributed by atoms with E-state index in [1.807, 2.05) is 0 Å². The first kappa shape index (κ1) is 28.4. The lowest BCUT2D eigenvalue weighted by molar-refractivity contribution is -0.147. The third-order valence-corrected chi connectivity index (χ3v) is 7.03. The van der Waals surface area contributed by atoms with Crippen molar-refractivity contribution in [3.63, 3.8) is 0 Å². The molecule has 0 unspecified atom stereocenters. The van der Waals surface area contributed by atoms with Crippen LogP contribution in [0, 0.1) is 0 Å². The van der Waals surface area contributed by atoms with Gasteiger partial charge in [-0.3, -0.25) is 19.2 Å². The number of hydrogen-bond acceptors (Lipinski definition) is 10. The fourth-order valence-electron chi connectivity index (χ4n) is 4.56. The minimum atomic E-state index is -1.30. The van der Waals surface area contributed by atoms with Gasteiger partial charge in [-0.15, -0.1) is 0 Å². The Morgan fingerprint density at radius 1 is 0.625 bits per heavy atom. The molecule has 0 atom stereocenters. The smallest absolute Gasteiger partial charge is 0.318 e. The van der Waals surface area contributed by atoms with Crippen molar-refractivity contribution in [2.75, 3.05) is 28.4 Å². The maximum absolute atomic E-state index is 13.4. The van der Waals surface area contributed by atoms with Crippen LogP contribution in [-0.4, -0.2) is 40.4 Å². The van der Waals surface area contributed by atoms with Gasteiger partial charge in [0.05, 0.1) is 28.4 Å². The Kier molecular flexibility index (Phi) is 7.23. The second-order valence-corrected chi connectivity index (χ2v) is 10.2. The Bertz CT molecular complexity index is 1640. The summed E-state index contributed by atoms with van der Waals surface area (Å²) in [5.41, 5.74) is -2.53. The number of methoxy groups -OCH3 is 4.